The van der Waals surface area contributed by atoms with Crippen molar-refractivity contribution in [1.82, 2.24) is 0 Å². The summed E-state index contributed by atoms with van der Waals surface area (Å²) in [5.41, 5.74) is 1.25. The minimum absolute atomic E-state index is 0. The molecule has 0 saturated heterocycles. The van der Waals surface area contributed by atoms with E-state index in [1.807, 2.05) is 6.07 Å². The number of aromatic nitrogens is 1. The molecule has 0 saturated carbocycles. The molecule has 2 aromatic rings. The molecule has 0 aliphatic carbocycles. The Morgan fingerprint density at radius 2 is 2.00 bits per heavy atom. The molecule has 1 aromatic heterocycles. The van der Waals surface area contributed by atoms with E-state index >= 15 is 0 Å². The number of hydrogen-bond donors (Lipinski definition) is 0. The van der Waals surface area contributed by atoms with Gasteiger partial charge in [0.15, 0.2) is 0 Å². The van der Waals surface area contributed by atoms with Gasteiger partial charge in [0.1, 0.15) is 12.3 Å². The maximum atomic E-state index is 5.21. The van der Waals surface area contributed by atoms with Crippen molar-refractivity contribution >= 4 is 33.5 Å². The number of ether oxygens (including phenoxy) is 1. The van der Waals surface area contributed by atoms with Gasteiger partial charge in [-0.05, 0) is 25.1 Å². The first-order valence-electron chi connectivity index (χ1n) is 4.92. The van der Waals surface area contributed by atoms with E-state index in [1.165, 1.54) is 14.6 Å². The Balaban J connectivity index is 0.00000128. The van der Waals surface area contributed by atoms with Gasteiger partial charge in [0.2, 0.25) is 9.22 Å². The summed E-state index contributed by atoms with van der Waals surface area (Å²) in [6.45, 7) is 3.15. The molecule has 0 bridgehead atoms. The number of nitrogens with zero attached hydrogens (tertiary/aromatic N) is 1. The van der Waals surface area contributed by atoms with Crippen LogP contribution in [0.2, 0.25) is 0 Å². The van der Waals surface area contributed by atoms with E-state index in [2.05, 4.69) is 58.3 Å². The number of methoxy groups -OCH3 is 1. The molecule has 2 rings (SSSR count). The number of halogens is 2. The van der Waals surface area contributed by atoms with Crippen molar-refractivity contribution in [3.63, 3.8) is 0 Å². The van der Waals surface area contributed by atoms with Crippen LogP contribution in [0.25, 0.3) is 10.9 Å². The minimum atomic E-state index is 0. The molecule has 1 heterocycles. The second kappa shape index (κ2) is 6.00. The van der Waals surface area contributed by atoms with Gasteiger partial charge in [-0.3, -0.25) is 0 Å². The molecule has 0 atom stereocenters. The molecule has 16 heavy (non-hydrogen) atoms. The van der Waals surface area contributed by atoms with E-state index in [-0.39, 0.29) is 24.0 Å². The first-order chi connectivity index (χ1) is 7.26. The zero-order valence-corrected chi connectivity index (χ0v) is 13.5. The number of fused-ring (bicyclic) bond motifs is 1. The van der Waals surface area contributed by atoms with Crippen molar-refractivity contribution in [2.24, 2.45) is 0 Å². The number of hydrogen-bond acceptors (Lipinski definition) is 1. The zero-order chi connectivity index (χ0) is 10.8. The van der Waals surface area contributed by atoms with Crippen molar-refractivity contribution in [1.29, 1.82) is 0 Å². The van der Waals surface area contributed by atoms with Gasteiger partial charge in [0.05, 0.1) is 12.5 Å². The monoisotopic (exact) mass is 441 g/mol. The van der Waals surface area contributed by atoms with Crippen LogP contribution in [-0.2, 0) is 6.54 Å². The van der Waals surface area contributed by atoms with Crippen molar-refractivity contribution in [2.75, 3.05) is 7.11 Å². The average Bonchev–Trinajstić information content (AvgIpc) is 2.28. The van der Waals surface area contributed by atoms with Crippen LogP contribution >= 0.6 is 22.6 Å². The Bertz CT molecular complexity index is 500. The number of benzene rings is 1. The van der Waals surface area contributed by atoms with Gasteiger partial charge in [0.25, 0.3) is 0 Å². The van der Waals surface area contributed by atoms with Gasteiger partial charge in [-0.15, -0.1) is 0 Å². The Morgan fingerprint density at radius 3 is 2.62 bits per heavy atom. The van der Waals surface area contributed by atoms with Gasteiger partial charge < -0.3 is 28.7 Å². The molecule has 0 radical (unpaired) electrons. The summed E-state index contributed by atoms with van der Waals surface area (Å²) in [5.74, 6) is 0.909. The summed E-state index contributed by atoms with van der Waals surface area (Å²) < 4.78 is 8.76. The van der Waals surface area contributed by atoms with Gasteiger partial charge >= 0.3 is 0 Å². The Hall–Kier alpha value is -0.110. The molecule has 0 amide bonds. The Labute approximate surface area is 126 Å². The number of rotatable bonds is 2. The van der Waals surface area contributed by atoms with E-state index < -0.39 is 0 Å². The molecule has 0 aliphatic heterocycles. The van der Waals surface area contributed by atoms with Crippen LogP contribution in [0.3, 0.4) is 0 Å². The van der Waals surface area contributed by atoms with Crippen LogP contribution in [-0.4, -0.2) is 7.11 Å². The van der Waals surface area contributed by atoms with Crippen LogP contribution in [0.4, 0.5) is 0 Å². The lowest BCUT2D eigenvalue weighted by atomic mass is 10.2. The predicted octanol–water partition coefficient (Wildman–Crippen LogP) is -0.236. The van der Waals surface area contributed by atoms with Crippen LogP contribution in [0.15, 0.2) is 30.3 Å². The smallest absolute Gasteiger partial charge is 0.241 e. The van der Waals surface area contributed by atoms with E-state index in [4.69, 9.17) is 4.74 Å². The molecule has 2 nitrogen and oxygen atoms in total. The Morgan fingerprint density at radius 1 is 1.25 bits per heavy atom. The van der Waals surface area contributed by atoms with Crippen molar-refractivity contribution in [3.05, 3.63) is 34.0 Å². The highest BCUT2D eigenvalue weighted by atomic mass is 127. The maximum Gasteiger partial charge on any atom is 0.241 e. The van der Waals surface area contributed by atoms with Gasteiger partial charge in [-0.25, -0.2) is 0 Å². The SMILES string of the molecule is CC[n+]1c(I)ccc2cc(OC)ccc21.[I-]. The van der Waals surface area contributed by atoms with E-state index in [0.29, 0.717) is 0 Å². The minimum Gasteiger partial charge on any atom is -1.00 e. The third-order valence-electron chi connectivity index (χ3n) is 2.50. The van der Waals surface area contributed by atoms with Crippen LogP contribution in [0, 0.1) is 3.70 Å². The number of pyridine rings is 1. The van der Waals surface area contributed by atoms with E-state index in [1.54, 1.807) is 7.11 Å². The third kappa shape index (κ3) is 2.58. The van der Waals surface area contributed by atoms with Crippen molar-refractivity contribution < 1.29 is 33.3 Å². The molecular weight excluding hydrogens is 428 g/mol. The standard InChI is InChI=1S/C12H13INO.HI/c1-3-14-11-6-5-10(15-2)8-9(11)4-7-12(14)13;/h4-8H,3H2,1-2H3;1H/q+1;/p-1. The summed E-state index contributed by atoms with van der Waals surface area (Å²) in [7, 11) is 1.70. The van der Waals surface area contributed by atoms with E-state index in [9.17, 15) is 0 Å². The lowest BCUT2D eigenvalue weighted by molar-refractivity contribution is -0.680. The molecule has 0 aliphatic rings. The van der Waals surface area contributed by atoms with Crippen LogP contribution in [0.1, 0.15) is 6.92 Å². The highest BCUT2D eigenvalue weighted by molar-refractivity contribution is 14.1. The van der Waals surface area contributed by atoms with Gasteiger partial charge in [-0.2, -0.15) is 4.57 Å². The normalized spacial score (nSPS) is 9.94. The fraction of sp³-hybridized carbons (Fsp3) is 0.250. The van der Waals surface area contributed by atoms with E-state index in [0.717, 1.165) is 12.3 Å². The van der Waals surface area contributed by atoms with Crippen LogP contribution in [0.5, 0.6) is 5.75 Å². The molecule has 86 valence electrons. The zero-order valence-electron chi connectivity index (χ0n) is 9.21. The fourth-order valence-electron chi connectivity index (χ4n) is 1.72. The van der Waals surface area contributed by atoms with Crippen molar-refractivity contribution in [2.45, 2.75) is 13.5 Å². The first-order valence-corrected chi connectivity index (χ1v) is 6.00. The topological polar surface area (TPSA) is 13.1 Å². The molecule has 1 aromatic carbocycles. The summed E-state index contributed by atoms with van der Waals surface area (Å²) in [6, 6.07) is 10.4. The van der Waals surface area contributed by atoms with Crippen LogP contribution < -0.4 is 33.3 Å². The summed E-state index contributed by atoms with van der Waals surface area (Å²) in [4.78, 5) is 0. The molecule has 0 unspecified atom stereocenters. The molecule has 0 N–H and O–H groups in total. The lowest BCUT2D eigenvalue weighted by Gasteiger charge is -2.03. The van der Waals surface area contributed by atoms with Crippen molar-refractivity contribution in [3.8, 4) is 5.75 Å². The third-order valence-corrected chi connectivity index (χ3v) is 3.44. The predicted molar refractivity (Wildman–Crippen MR) is 69.1 cm³/mol. The van der Waals surface area contributed by atoms with Gasteiger partial charge in [-0.1, -0.05) is 0 Å². The molecule has 4 heteroatoms. The maximum absolute atomic E-state index is 5.21. The molecule has 0 spiro atoms. The lowest BCUT2D eigenvalue weighted by Crippen LogP contribution is -3.00. The highest BCUT2D eigenvalue weighted by Crippen LogP contribution is 2.19. The molecular formula is C12H13I2NO. The average molecular weight is 441 g/mol. The number of aryl methyl sites for hydroxylation is 1. The molecule has 0 fully saturated rings. The van der Waals surface area contributed by atoms with Gasteiger partial charge in [0, 0.05) is 34.7 Å². The fourth-order valence-corrected chi connectivity index (χ4v) is 2.50. The second-order valence-corrected chi connectivity index (χ2v) is 4.43. The summed E-state index contributed by atoms with van der Waals surface area (Å²) in [6.07, 6.45) is 0. The quantitative estimate of drug-likeness (QED) is 0.357. The second-order valence-electron chi connectivity index (χ2n) is 3.33. The Kier molecular flexibility index (Phi) is 5.23. The largest absolute Gasteiger partial charge is 1.00 e. The first kappa shape index (κ1) is 14.0. The summed E-state index contributed by atoms with van der Waals surface area (Å²) >= 11 is 2.36. The summed E-state index contributed by atoms with van der Waals surface area (Å²) in [5, 5.41) is 1.22. The highest BCUT2D eigenvalue weighted by Gasteiger charge is 2.11.